The van der Waals surface area contributed by atoms with Gasteiger partial charge in [0.2, 0.25) is 10.0 Å². The van der Waals surface area contributed by atoms with Crippen molar-refractivity contribution in [2.45, 2.75) is 78.2 Å². The van der Waals surface area contributed by atoms with E-state index in [2.05, 4.69) is 46.3 Å². The number of oxime groups is 1. The molecule has 0 bridgehead atoms. The van der Waals surface area contributed by atoms with Gasteiger partial charge >= 0.3 is 0 Å². The van der Waals surface area contributed by atoms with E-state index in [1.165, 1.54) is 22.5 Å². The molecular formula is C31H40N2O4S2. The number of hydrogen-bond donors (Lipinski definition) is 1. The van der Waals surface area contributed by atoms with Gasteiger partial charge in [0.25, 0.3) is 0 Å². The van der Waals surface area contributed by atoms with Crippen LogP contribution >= 0.6 is 11.3 Å². The average molecular weight is 569 g/mol. The molecule has 0 spiro atoms. The van der Waals surface area contributed by atoms with Crippen LogP contribution in [0.2, 0.25) is 0 Å². The Kier molecular flexibility index (Phi) is 10.3. The number of benzene rings is 2. The van der Waals surface area contributed by atoms with Crippen LogP contribution in [-0.2, 0) is 14.9 Å². The summed E-state index contributed by atoms with van der Waals surface area (Å²) in [6, 6.07) is 20.5. The number of rotatable bonds is 6. The summed E-state index contributed by atoms with van der Waals surface area (Å²) in [5, 5.41) is 6.23. The maximum absolute atomic E-state index is 11.2. The minimum Gasteiger partial charge on any atom is -0.390 e. The molecule has 1 fully saturated rings. The average Bonchev–Trinajstić information content (AvgIpc) is 3.50. The first-order valence-electron chi connectivity index (χ1n) is 13.3. The van der Waals surface area contributed by atoms with Crippen LogP contribution in [0.1, 0.15) is 82.1 Å². The first kappa shape index (κ1) is 30.7. The maximum Gasteiger partial charge on any atom is 0.214 e. The molecule has 8 heteroatoms. The lowest BCUT2D eigenvalue weighted by atomic mass is 10.1. The monoisotopic (exact) mass is 568 g/mol. The predicted octanol–water partition coefficient (Wildman–Crippen LogP) is 7.30. The summed E-state index contributed by atoms with van der Waals surface area (Å²) in [6.07, 6.45) is 1.67. The van der Waals surface area contributed by atoms with Crippen molar-refractivity contribution in [1.29, 1.82) is 0 Å². The van der Waals surface area contributed by atoms with Crippen molar-refractivity contribution < 1.29 is 18.0 Å². The number of nitrogens with one attached hydrogen (secondary N) is 1. The smallest absolute Gasteiger partial charge is 0.214 e. The molecule has 2 aliphatic rings. The van der Waals surface area contributed by atoms with E-state index in [1.807, 2.05) is 78.1 Å². The van der Waals surface area contributed by atoms with Crippen molar-refractivity contribution in [3.8, 4) is 11.1 Å². The van der Waals surface area contributed by atoms with Crippen LogP contribution < -0.4 is 4.72 Å². The Morgan fingerprint density at radius 2 is 1.41 bits per heavy atom. The largest absolute Gasteiger partial charge is 0.390 e. The number of fused-ring (bicyclic) bond motifs is 3. The first-order valence-corrected chi connectivity index (χ1v) is 15.8. The van der Waals surface area contributed by atoms with Crippen LogP contribution in [-0.4, -0.2) is 36.8 Å². The molecule has 1 N–H and O–H groups in total. The number of carbonyl (C=O) groups excluding carboxylic acids is 1. The minimum absolute atomic E-state index is 0.0330. The summed E-state index contributed by atoms with van der Waals surface area (Å²) in [6.45, 7) is 13.5. The standard InChI is InChI=1S/C17H17NO.C8H10OS.C6H13NO2S/c1-17(2,3)19-18-16-14-10-6-4-8-12(14)13-9-5-7-11-15(13)16;1-6(2)8(9)7-4-3-5-10-7;1-5(2)7-10(8,9)6-3-4-6/h4-11H,1-3H3;3-6H,1-2H3;5-7H,3-4H2,1-2H3. The van der Waals surface area contributed by atoms with E-state index >= 15 is 0 Å². The molecule has 1 aromatic heterocycles. The van der Waals surface area contributed by atoms with Gasteiger partial charge in [0.1, 0.15) is 11.3 Å². The number of thiophene rings is 1. The van der Waals surface area contributed by atoms with Gasteiger partial charge in [-0.15, -0.1) is 11.3 Å². The van der Waals surface area contributed by atoms with Crippen LogP contribution in [0.3, 0.4) is 0 Å². The molecule has 6 nitrogen and oxygen atoms in total. The molecule has 2 aliphatic carbocycles. The van der Waals surface area contributed by atoms with Crippen molar-refractivity contribution in [3.05, 3.63) is 82.0 Å². The number of hydrogen-bond acceptors (Lipinski definition) is 6. The van der Waals surface area contributed by atoms with Gasteiger partial charge in [-0.1, -0.05) is 73.6 Å². The maximum atomic E-state index is 11.2. The second kappa shape index (κ2) is 13.0. The molecule has 5 rings (SSSR count). The highest BCUT2D eigenvalue weighted by atomic mass is 32.2. The minimum atomic E-state index is -2.94. The number of Topliss-reactive ketones (excluding diaryl/α,β-unsaturated/α-hetero) is 1. The molecule has 1 saturated carbocycles. The molecule has 2 aromatic carbocycles. The lowest BCUT2D eigenvalue weighted by molar-refractivity contribution is 0.00121. The highest BCUT2D eigenvalue weighted by molar-refractivity contribution is 7.90. The van der Waals surface area contributed by atoms with E-state index < -0.39 is 10.0 Å². The summed E-state index contributed by atoms with van der Waals surface area (Å²) in [5.74, 6) is 0.369. The molecule has 0 radical (unpaired) electrons. The summed E-state index contributed by atoms with van der Waals surface area (Å²) < 4.78 is 24.7. The lowest BCUT2D eigenvalue weighted by Gasteiger charge is -2.16. The molecular weight excluding hydrogens is 528 g/mol. The molecule has 0 atom stereocenters. The Balaban J connectivity index is 0.000000178. The summed E-state index contributed by atoms with van der Waals surface area (Å²) >= 11 is 1.51. The third-order valence-corrected chi connectivity index (χ3v) is 8.75. The van der Waals surface area contributed by atoms with Gasteiger partial charge in [-0.25, -0.2) is 13.1 Å². The molecule has 39 heavy (non-hydrogen) atoms. The molecule has 0 aliphatic heterocycles. The van der Waals surface area contributed by atoms with Gasteiger partial charge in [0, 0.05) is 23.1 Å². The van der Waals surface area contributed by atoms with E-state index in [1.54, 1.807) is 0 Å². The van der Waals surface area contributed by atoms with Gasteiger partial charge in [-0.3, -0.25) is 4.79 Å². The molecule has 3 aromatic rings. The summed E-state index contributed by atoms with van der Waals surface area (Å²) in [5.41, 5.74) is 5.41. The van der Waals surface area contributed by atoms with Crippen molar-refractivity contribution >= 4 is 32.9 Å². The second-order valence-electron chi connectivity index (χ2n) is 11.2. The summed E-state index contributed by atoms with van der Waals surface area (Å²) in [7, 11) is -2.94. The Bertz CT molecular complexity index is 1330. The van der Waals surface area contributed by atoms with Crippen LogP contribution in [0.5, 0.6) is 0 Å². The Morgan fingerprint density at radius 3 is 1.79 bits per heavy atom. The normalized spacial score (nSPS) is 14.0. The van der Waals surface area contributed by atoms with Gasteiger partial charge in [-0.2, -0.15) is 0 Å². The molecule has 0 amide bonds. The number of carbonyl (C=O) groups is 1. The molecule has 0 saturated heterocycles. The quantitative estimate of drug-likeness (QED) is 0.195. The zero-order chi connectivity index (χ0) is 28.8. The highest BCUT2D eigenvalue weighted by Crippen LogP contribution is 2.36. The summed E-state index contributed by atoms with van der Waals surface area (Å²) in [4.78, 5) is 17.7. The van der Waals surface area contributed by atoms with Crippen LogP contribution in [0.25, 0.3) is 11.1 Å². The van der Waals surface area contributed by atoms with Crippen molar-refractivity contribution in [1.82, 2.24) is 4.72 Å². The first-order chi connectivity index (χ1) is 18.3. The zero-order valence-corrected chi connectivity index (χ0v) is 25.5. The van der Waals surface area contributed by atoms with Gasteiger partial charge in [0.05, 0.1) is 10.1 Å². The number of sulfonamides is 1. The SMILES string of the molecule is CC(C)(C)ON=C1c2ccccc2-c2ccccc21.CC(C)C(=O)c1cccs1.CC(C)NS(=O)(=O)C1CC1. The predicted molar refractivity (Wildman–Crippen MR) is 162 cm³/mol. The van der Waals surface area contributed by atoms with Gasteiger partial charge in [0.15, 0.2) is 5.78 Å². The van der Waals surface area contributed by atoms with E-state index in [4.69, 9.17) is 4.84 Å². The van der Waals surface area contributed by atoms with Crippen LogP contribution in [0.15, 0.2) is 71.2 Å². The number of ketones is 1. The second-order valence-corrected chi connectivity index (χ2v) is 14.2. The molecule has 1 heterocycles. The highest BCUT2D eigenvalue weighted by Gasteiger charge is 2.35. The van der Waals surface area contributed by atoms with E-state index in [0.29, 0.717) is 0 Å². The van der Waals surface area contributed by atoms with Crippen molar-refractivity contribution in [3.63, 3.8) is 0 Å². The fraction of sp³-hybridized carbons (Fsp3) is 0.419. The van der Waals surface area contributed by atoms with Crippen LogP contribution in [0.4, 0.5) is 0 Å². The van der Waals surface area contributed by atoms with Crippen molar-refractivity contribution in [2.24, 2.45) is 11.1 Å². The molecule has 210 valence electrons. The Morgan fingerprint density at radius 1 is 0.897 bits per heavy atom. The van der Waals surface area contributed by atoms with Crippen molar-refractivity contribution in [2.75, 3.05) is 0 Å². The van der Waals surface area contributed by atoms with E-state index in [9.17, 15) is 13.2 Å². The Labute approximate surface area is 237 Å². The third-order valence-electron chi connectivity index (χ3n) is 5.72. The zero-order valence-electron chi connectivity index (χ0n) is 23.9. The van der Waals surface area contributed by atoms with Crippen LogP contribution in [0, 0.1) is 5.92 Å². The van der Waals surface area contributed by atoms with Gasteiger partial charge in [-0.05, 0) is 70.0 Å². The lowest BCUT2D eigenvalue weighted by Crippen LogP contribution is -2.32. The van der Waals surface area contributed by atoms with E-state index in [-0.39, 0.29) is 28.6 Å². The fourth-order valence-electron chi connectivity index (χ4n) is 3.78. The number of nitrogens with zero attached hydrogens (tertiary/aromatic N) is 1. The third kappa shape index (κ3) is 8.85. The van der Waals surface area contributed by atoms with E-state index in [0.717, 1.165) is 34.6 Å². The fourth-order valence-corrected chi connectivity index (χ4v) is 6.20. The Hall–Kier alpha value is -2.81. The topological polar surface area (TPSA) is 84.8 Å². The molecule has 0 unspecified atom stereocenters. The van der Waals surface area contributed by atoms with Gasteiger partial charge < -0.3 is 4.84 Å².